The number of hydrogen-bond acceptors (Lipinski definition) is 4. The Morgan fingerprint density at radius 3 is 2.79 bits per heavy atom. The summed E-state index contributed by atoms with van der Waals surface area (Å²) in [5.41, 5.74) is 2.41. The molecule has 0 radical (unpaired) electrons. The second-order valence-corrected chi connectivity index (χ2v) is 7.94. The van der Waals surface area contributed by atoms with Crippen LogP contribution >= 0.6 is 24.0 Å². The molecular weight excluding hydrogens is 481 g/mol. The van der Waals surface area contributed by atoms with E-state index in [1.807, 2.05) is 11.7 Å². The van der Waals surface area contributed by atoms with Crippen LogP contribution in [0, 0.1) is 5.92 Å². The minimum atomic E-state index is 0. The predicted molar refractivity (Wildman–Crippen MR) is 129 cm³/mol. The molecule has 0 aliphatic carbocycles. The summed E-state index contributed by atoms with van der Waals surface area (Å²) in [4.78, 5) is 6.96. The molecule has 1 aromatic rings. The molecule has 0 saturated carbocycles. The van der Waals surface area contributed by atoms with Crippen LogP contribution in [0.3, 0.4) is 0 Å². The van der Waals surface area contributed by atoms with Crippen LogP contribution in [-0.2, 0) is 23.1 Å². The first-order valence-electron chi connectivity index (χ1n) is 10.7. The first kappa shape index (κ1) is 26.2. The molecule has 0 atom stereocenters. The average Bonchev–Trinajstić information content (AvgIpc) is 3.04. The highest BCUT2D eigenvalue weighted by Crippen LogP contribution is 2.18. The van der Waals surface area contributed by atoms with E-state index in [1.54, 1.807) is 0 Å². The molecule has 29 heavy (non-hydrogen) atoms. The van der Waals surface area contributed by atoms with Gasteiger partial charge in [0.1, 0.15) is 0 Å². The highest BCUT2D eigenvalue weighted by Gasteiger charge is 2.15. The van der Waals surface area contributed by atoms with Gasteiger partial charge in [-0.2, -0.15) is 5.10 Å². The van der Waals surface area contributed by atoms with E-state index < -0.39 is 0 Å². The van der Waals surface area contributed by atoms with E-state index in [4.69, 9.17) is 14.5 Å². The summed E-state index contributed by atoms with van der Waals surface area (Å²) in [6.07, 6.45) is 5.30. The quantitative estimate of drug-likeness (QED) is 0.221. The fraction of sp³-hybridized carbons (Fsp3) is 0.810. The van der Waals surface area contributed by atoms with Crippen molar-refractivity contribution in [3.8, 4) is 0 Å². The normalized spacial score (nSPS) is 15.4. The lowest BCUT2D eigenvalue weighted by molar-refractivity contribution is 0.0205. The molecule has 1 N–H and O–H groups in total. The smallest absolute Gasteiger partial charge is 0.193 e. The number of nitrogens with zero attached hydrogens (tertiary/aromatic N) is 4. The number of ether oxygens (including phenoxy) is 2. The summed E-state index contributed by atoms with van der Waals surface area (Å²) in [6, 6.07) is 0. The Labute approximate surface area is 193 Å². The Kier molecular flexibility index (Phi) is 12.8. The van der Waals surface area contributed by atoms with E-state index in [9.17, 15) is 0 Å². The van der Waals surface area contributed by atoms with Gasteiger partial charge >= 0.3 is 0 Å². The van der Waals surface area contributed by atoms with Crippen LogP contribution in [0.25, 0.3) is 0 Å². The van der Waals surface area contributed by atoms with E-state index in [0.29, 0.717) is 11.8 Å². The highest BCUT2D eigenvalue weighted by atomic mass is 127. The topological polar surface area (TPSA) is 63.9 Å². The minimum absolute atomic E-state index is 0. The maximum absolute atomic E-state index is 5.85. The van der Waals surface area contributed by atoms with Gasteiger partial charge in [-0.1, -0.05) is 13.8 Å². The number of hydrogen-bond donors (Lipinski definition) is 1. The van der Waals surface area contributed by atoms with Gasteiger partial charge in [0.15, 0.2) is 5.96 Å². The minimum Gasteiger partial charge on any atom is -0.381 e. The van der Waals surface area contributed by atoms with Crippen LogP contribution in [0.15, 0.2) is 11.2 Å². The third kappa shape index (κ3) is 9.21. The Bertz CT molecular complexity index is 600. The molecule has 2 rings (SSSR count). The fourth-order valence-electron chi connectivity index (χ4n) is 3.48. The summed E-state index contributed by atoms with van der Waals surface area (Å²) >= 11 is 0. The molecule has 168 valence electrons. The predicted octanol–water partition coefficient (Wildman–Crippen LogP) is 3.39. The summed E-state index contributed by atoms with van der Waals surface area (Å²) in [7, 11) is 4.06. The van der Waals surface area contributed by atoms with Gasteiger partial charge in [0.2, 0.25) is 0 Å². The van der Waals surface area contributed by atoms with Crippen LogP contribution in [0.2, 0.25) is 0 Å². The zero-order valence-corrected chi connectivity index (χ0v) is 21.1. The van der Waals surface area contributed by atoms with Crippen molar-refractivity contribution >= 4 is 29.9 Å². The van der Waals surface area contributed by atoms with Crippen molar-refractivity contribution in [2.75, 3.05) is 46.6 Å². The average molecular weight is 521 g/mol. The molecule has 2 heterocycles. The SMILES string of the molecule is CCNC(=NCCCOCC1CCOCC1)N(C)Cc1cn(C)nc1C(C)C.I. The lowest BCUT2D eigenvalue weighted by Crippen LogP contribution is -2.38. The van der Waals surface area contributed by atoms with Crippen LogP contribution in [0.5, 0.6) is 0 Å². The molecule has 0 aromatic carbocycles. The number of nitrogens with one attached hydrogen (secondary N) is 1. The zero-order valence-electron chi connectivity index (χ0n) is 18.8. The summed E-state index contributed by atoms with van der Waals surface area (Å²) < 4.78 is 13.1. The van der Waals surface area contributed by atoms with E-state index in [-0.39, 0.29) is 24.0 Å². The van der Waals surface area contributed by atoms with E-state index in [0.717, 1.165) is 77.0 Å². The van der Waals surface area contributed by atoms with Gasteiger partial charge in [-0.15, -0.1) is 24.0 Å². The molecule has 8 heteroatoms. The molecule has 0 amide bonds. The van der Waals surface area contributed by atoms with E-state index in [2.05, 4.69) is 49.3 Å². The van der Waals surface area contributed by atoms with Gasteiger partial charge in [-0.05, 0) is 38.0 Å². The van der Waals surface area contributed by atoms with Crippen molar-refractivity contribution in [1.82, 2.24) is 20.0 Å². The second kappa shape index (κ2) is 14.2. The van der Waals surface area contributed by atoms with Gasteiger partial charge in [-0.25, -0.2) is 0 Å². The van der Waals surface area contributed by atoms with Crippen LogP contribution in [0.1, 0.15) is 57.2 Å². The largest absolute Gasteiger partial charge is 0.381 e. The van der Waals surface area contributed by atoms with Crippen LogP contribution < -0.4 is 5.32 Å². The standard InChI is InChI=1S/C21H39N5O2.HI/c1-6-22-21(23-10-7-11-28-16-18-8-12-27-13-9-18)25(4)14-19-15-26(5)24-20(19)17(2)3;/h15,17-18H,6-14,16H2,1-5H3,(H,22,23);1H. The van der Waals surface area contributed by atoms with Gasteiger partial charge in [0.05, 0.1) is 5.69 Å². The second-order valence-electron chi connectivity index (χ2n) is 7.94. The molecule has 7 nitrogen and oxygen atoms in total. The van der Waals surface area contributed by atoms with E-state index in [1.165, 1.54) is 5.56 Å². The maximum atomic E-state index is 5.85. The van der Waals surface area contributed by atoms with Crippen molar-refractivity contribution in [1.29, 1.82) is 0 Å². The lowest BCUT2D eigenvalue weighted by Gasteiger charge is -2.22. The van der Waals surface area contributed by atoms with Crippen LogP contribution in [0.4, 0.5) is 0 Å². The highest BCUT2D eigenvalue weighted by molar-refractivity contribution is 14.0. The Hall–Kier alpha value is -0.870. The van der Waals surface area contributed by atoms with Crippen molar-refractivity contribution in [3.63, 3.8) is 0 Å². The van der Waals surface area contributed by atoms with Crippen molar-refractivity contribution in [3.05, 3.63) is 17.5 Å². The molecule has 1 fully saturated rings. The molecular formula is C21H40IN5O2. The number of aryl methyl sites for hydroxylation is 1. The Morgan fingerprint density at radius 1 is 1.41 bits per heavy atom. The summed E-state index contributed by atoms with van der Waals surface area (Å²) in [6.45, 7) is 12.3. The molecule has 0 unspecified atom stereocenters. The number of aromatic nitrogens is 2. The number of guanidine groups is 1. The van der Waals surface area contributed by atoms with Gasteiger partial charge in [-0.3, -0.25) is 9.67 Å². The summed E-state index contributed by atoms with van der Waals surface area (Å²) in [5, 5.41) is 8.00. The van der Waals surface area contributed by atoms with Gasteiger partial charge < -0.3 is 19.7 Å². The molecule has 1 aromatic heterocycles. The number of aliphatic imine (C=N–C) groups is 1. The summed E-state index contributed by atoms with van der Waals surface area (Å²) in [5.74, 6) is 2.01. The molecule has 1 aliphatic heterocycles. The van der Waals surface area contributed by atoms with Gasteiger partial charge in [0, 0.05) is 71.9 Å². The number of halogens is 1. The van der Waals surface area contributed by atoms with Crippen molar-refractivity contribution in [2.24, 2.45) is 18.0 Å². The lowest BCUT2D eigenvalue weighted by atomic mass is 10.0. The molecule has 0 bridgehead atoms. The first-order chi connectivity index (χ1) is 13.5. The first-order valence-corrected chi connectivity index (χ1v) is 10.7. The monoisotopic (exact) mass is 521 g/mol. The molecule has 1 saturated heterocycles. The Balaban J connectivity index is 0.00000420. The zero-order chi connectivity index (χ0) is 20.4. The molecule has 0 spiro atoms. The third-order valence-corrected chi connectivity index (χ3v) is 4.99. The van der Waals surface area contributed by atoms with Crippen molar-refractivity contribution in [2.45, 2.75) is 52.5 Å². The van der Waals surface area contributed by atoms with E-state index >= 15 is 0 Å². The van der Waals surface area contributed by atoms with Gasteiger partial charge in [0.25, 0.3) is 0 Å². The third-order valence-electron chi connectivity index (χ3n) is 4.99. The molecule has 1 aliphatic rings. The number of rotatable bonds is 10. The van der Waals surface area contributed by atoms with Crippen molar-refractivity contribution < 1.29 is 9.47 Å². The Morgan fingerprint density at radius 2 is 2.14 bits per heavy atom. The fourth-order valence-corrected chi connectivity index (χ4v) is 3.48. The van der Waals surface area contributed by atoms with Crippen LogP contribution in [-0.4, -0.2) is 67.2 Å². The maximum Gasteiger partial charge on any atom is 0.193 e.